The van der Waals surface area contributed by atoms with Crippen LogP contribution in [0.5, 0.6) is 5.75 Å². The van der Waals surface area contributed by atoms with Crippen LogP contribution in [0.3, 0.4) is 0 Å². The molecule has 0 saturated carbocycles. The highest BCUT2D eigenvalue weighted by atomic mass is 32.2. The number of carbonyl (C=O) groups is 2. The molecule has 0 spiro atoms. The average molecular weight is 459 g/mol. The monoisotopic (exact) mass is 458 g/mol. The predicted octanol–water partition coefficient (Wildman–Crippen LogP) is 3.10. The van der Waals surface area contributed by atoms with Crippen LogP contribution in [0.2, 0.25) is 0 Å². The standard InChI is InChI=1S/C24H34N4O3S/c1-26-12-10-21(25-26)24(30)28-13-8-19(9-14-28)22(27(2)23(29)11-15-32-4)17-18-6-5-7-20(16-18)31-3/h5-7,10,12,16,19,22H,8-9,11,13-15,17H2,1-4H3. The molecule has 3 rings (SSSR count). The van der Waals surface area contributed by atoms with Gasteiger partial charge in [-0.25, -0.2) is 0 Å². The molecule has 1 aliphatic heterocycles. The Morgan fingerprint density at radius 2 is 2.03 bits per heavy atom. The Labute approximate surface area is 195 Å². The van der Waals surface area contributed by atoms with Gasteiger partial charge in [0.2, 0.25) is 5.91 Å². The first kappa shape index (κ1) is 24.2. The minimum atomic E-state index is -0.0159. The van der Waals surface area contributed by atoms with E-state index in [1.54, 1.807) is 35.8 Å². The lowest BCUT2D eigenvalue weighted by Gasteiger charge is -2.40. The van der Waals surface area contributed by atoms with E-state index in [0.29, 0.717) is 31.1 Å². The fourth-order valence-corrected chi connectivity index (χ4v) is 4.77. The van der Waals surface area contributed by atoms with Crippen molar-refractivity contribution in [3.05, 3.63) is 47.8 Å². The van der Waals surface area contributed by atoms with E-state index in [1.807, 2.05) is 48.4 Å². The molecule has 0 aliphatic carbocycles. The van der Waals surface area contributed by atoms with Crippen molar-refractivity contribution in [1.29, 1.82) is 0 Å². The van der Waals surface area contributed by atoms with Crippen LogP contribution in [0.4, 0.5) is 0 Å². The third-order valence-electron chi connectivity index (χ3n) is 6.29. The van der Waals surface area contributed by atoms with Gasteiger partial charge in [0.05, 0.1) is 7.11 Å². The minimum Gasteiger partial charge on any atom is -0.497 e. The van der Waals surface area contributed by atoms with Crippen molar-refractivity contribution >= 4 is 23.6 Å². The summed E-state index contributed by atoms with van der Waals surface area (Å²) in [7, 11) is 5.41. The number of rotatable bonds is 9. The summed E-state index contributed by atoms with van der Waals surface area (Å²) >= 11 is 1.69. The Kier molecular flexibility index (Phi) is 8.61. The summed E-state index contributed by atoms with van der Waals surface area (Å²) in [4.78, 5) is 29.5. The second-order valence-electron chi connectivity index (χ2n) is 8.37. The first-order valence-corrected chi connectivity index (χ1v) is 12.5. The summed E-state index contributed by atoms with van der Waals surface area (Å²) in [6.45, 7) is 1.36. The number of carbonyl (C=O) groups excluding carboxylic acids is 2. The zero-order valence-corrected chi connectivity index (χ0v) is 20.3. The topological polar surface area (TPSA) is 67.7 Å². The molecule has 174 valence electrons. The van der Waals surface area contributed by atoms with Crippen molar-refractivity contribution in [1.82, 2.24) is 19.6 Å². The van der Waals surface area contributed by atoms with Gasteiger partial charge in [0.1, 0.15) is 11.4 Å². The van der Waals surface area contributed by atoms with Gasteiger partial charge in [-0.3, -0.25) is 14.3 Å². The quantitative estimate of drug-likeness (QED) is 0.578. The number of likely N-dealkylation sites (N-methyl/N-ethyl adjacent to an activating group) is 1. The summed E-state index contributed by atoms with van der Waals surface area (Å²) in [5.74, 6) is 2.15. The summed E-state index contributed by atoms with van der Waals surface area (Å²) in [6.07, 6.45) is 6.87. The van der Waals surface area contributed by atoms with Crippen LogP contribution >= 0.6 is 11.8 Å². The van der Waals surface area contributed by atoms with Crippen molar-refractivity contribution in [3.63, 3.8) is 0 Å². The molecule has 2 aromatic rings. The highest BCUT2D eigenvalue weighted by molar-refractivity contribution is 7.98. The highest BCUT2D eigenvalue weighted by Crippen LogP contribution is 2.28. The van der Waals surface area contributed by atoms with Gasteiger partial charge in [-0.15, -0.1) is 0 Å². The Morgan fingerprint density at radius 1 is 1.28 bits per heavy atom. The first-order chi connectivity index (χ1) is 15.4. The van der Waals surface area contributed by atoms with E-state index in [0.717, 1.165) is 36.3 Å². The van der Waals surface area contributed by atoms with Gasteiger partial charge in [0, 0.05) is 51.6 Å². The molecule has 7 nitrogen and oxygen atoms in total. The maximum Gasteiger partial charge on any atom is 0.274 e. The number of amides is 2. The molecule has 32 heavy (non-hydrogen) atoms. The number of aryl methyl sites for hydroxylation is 1. The molecule has 1 fully saturated rings. The number of methoxy groups -OCH3 is 1. The average Bonchev–Trinajstić information content (AvgIpc) is 3.26. The molecule has 0 radical (unpaired) electrons. The van der Waals surface area contributed by atoms with Gasteiger partial charge in [-0.05, 0) is 55.2 Å². The fourth-order valence-electron chi connectivity index (χ4n) is 4.39. The molecule has 1 saturated heterocycles. The van der Waals surface area contributed by atoms with Crippen LogP contribution < -0.4 is 4.74 Å². The molecule has 0 N–H and O–H groups in total. The normalized spacial score (nSPS) is 15.4. The molecular formula is C24H34N4O3S. The largest absolute Gasteiger partial charge is 0.497 e. The Balaban J connectivity index is 1.71. The maximum absolute atomic E-state index is 12.9. The summed E-state index contributed by atoms with van der Waals surface area (Å²) in [5, 5.41) is 4.25. The second-order valence-corrected chi connectivity index (χ2v) is 9.36. The molecule has 1 aromatic carbocycles. The molecule has 2 amide bonds. The number of aromatic nitrogens is 2. The van der Waals surface area contributed by atoms with E-state index < -0.39 is 0 Å². The van der Waals surface area contributed by atoms with Crippen LogP contribution in [-0.2, 0) is 18.3 Å². The van der Waals surface area contributed by atoms with Gasteiger partial charge < -0.3 is 14.5 Å². The number of benzene rings is 1. The molecule has 2 heterocycles. The number of hydrogen-bond acceptors (Lipinski definition) is 5. The number of hydrogen-bond donors (Lipinski definition) is 0. The summed E-state index contributed by atoms with van der Waals surface area (Å²) in [6, 6.07) is 9.92. The predicted molar refractivity (Wildman–Crippen MR) is 128 cm³/mol. The molecule has 1 aromatic heterocycles. The molecular weight excluding hydrogens is 424 g/mol. The van der Waals surface area contributed by atoms with E-state index in [2.05, 4.69) is 11.2 Å². The summed E-state index contributed by atoms with van der Waals surface area (Å²) < 4.78 is 7.04. The zero-order chi connectivity index (χ0) is 23.1. The highest BCUT2D eigenvalue weighted by Gasteiger charge is 2.33. The van der Waals surface area contributed by atoms with Crippen LogP contribution in [0, 0.1) is 5.92 Å². The third kappa shape index (κ3) is 6.06. The zero-order valence-electron chi connectivity index (χ0n) is 19.5. The number of ether oxygens (including phenoxy) is 1. The molecule has 8 heteroatoms. The van der Waals surface area contributed by atoms with Crippen molar-refractivity contribution in [2.45, 2.75) is 31.7 Å². The van der Waals surface area contributed by atoms with E-state index in [9.17, 15) is 9.59 Å². The molecule has 0 bridgehead atoms. The Bertz CT molecular complexity index is 908. The van der Waals surface area contributed by atoms with Crippen molar-refractivity contribution in [2.24, 2.45) is 13.0 Å². The fraction of sp³-hybridized carbons (Fsp3) is 0.542. The Hall–Kier alpha value is -2.48. The third-order valence-corrected chi connectivity index (χ3v) is 6.91. The number of thioether (sulfide) groups is 1. The van der Waals surface area contributed by atoms with Crippen LogP contribution in [-0.4, -0.2) is 76.7 Å². The number of likely N-dealkylation sites (tertiary alicyclic amines) is 1. The van der Waals surface area contributed by atoms with Crippen LogP contribution in [0.1, 0.15) is 35.3 Å². The molecule has 1 unspecified atom stereocenters. The first-order valence-electron chi connectivity index (χ1n) is 11.1. The summed E-state index contributed by atoms with van der Waals surface area (Å²) in [5.41, 5.74) is 1.65. The minimum absolute atomic E-state index is 0.0159. The molecule has 1 aliphatic rings. The van der Waals surface area contributed by atoms with Gasteiger partial charge >= 0.3 is 0 Å². The van der Waals surface area contributed by atoms with Gasteiger partial charge in [-0.2, -0.15) is 16.9 Å². The van der Waals surface area contributed by atoms with Crippen LogP contribution in [0.15, 0.2) is 36.5 Å². The van der Waals surface area contributed by atoms with E-state index in [-0.39, 0.29) is 17.9 Å². The van der Waals surface area contributed by atoms with Crippen molar-refractivity contribution < 1.29 is 14.3 Å². The van der Waals surface area contributed by atoms with E-state index in [4.69, 9.17) is 4.74 Å². The lowest BCUT2D eigenvalue weighted by atomic mass is 9.84. The lowest BCUT2D eigenvalue weighted by molar-refractivity contribution is -0.132. The van der Waals surface area contributed by atoms with E-state index in [1.165, 1.54) is 0 Å². The smallest absolute Gasteiger partial charge is 0.274 e. The van der Waals surface area contributed by atoms with Gasteiger partial charge in [0.25, 0.3) is 5.91 Å². The van der Waals surface area contributed by atoms with Crippen LogP contribution in [0.25, 0.3) is 0 Å². The number of piperidine rings is 1. The lowest BCUT2D eigenvalue weighted by Crippen LogP contribution is -2.48. The Morgan fingerprint density at radius 3 is 2.66 bits per heavy atom. The van der Waals surface area contributed by atoms with Crippen molar-refractivity contribution in [2.75, 3.05) is 39.3 Å². The van der Waals surface area contributed by atoms with Crippen molar-refractivity contribution in [3.8, 4) is 5.75 Å². The molecule has 1 atom stereocenters. The SMILES string of the molecule is COc1cccc(CC(C2CCN(C(=O)c3ccn(C)n3)CC2)N(C)C(=O)CCSC)c1. The maximum atomic E-state index is 12.9. The number of nitrogens with zero attached hydrogens (tertiary/aromatic N) is 4. The van der Waals surface area contributed by atoms with E-state index >= 15 is 0 Å². The van der Waals surface area contributed by atoms with Gasteiger partial charge in [-0.1, -0.05) is 12.1 Å². The van der Waals surface area contributed by atoms with Gasteiger partial charge in [0.15, 0.2) is 0 Å². The second kappa shape index (κ2) is 11.4.